The van der Waals surface area contributed by atoms with Gasteiger partial charge in [-0.25, -0.2) is 8.42 Å². The zero-order valence-electron chi connectivity index (χ0n) is 18.9. The highest BCUT2D eigenvalue weighted by Crippen LogP contribution is 2.39. The van der Waals surface area contributed by atoms with Gasteiger partial charge in [-0.3, -0.25) is 4.79 Å². The van der Waals surface area contributed by atoms with Gasteiger partial charge >= 0.3 is 0 Å². The zero-order valence-corrected chi connectivity index (χ0v) is 19.8. The summed E-state index contributed by atoms with van der Waals surface area (Å²) < 4.78 is 27.6. The summed E-state index contributed by atoms with van der Waals surface area (Å²) in [5.41, 5.74) is 4.00. The highest BCUT2D eigenvalue weighted by atomic mass is 32.2. The van der Waals surface area contributed by atoms with Gasteiger partial charge in [0, 0.05) is 47.2 Å². The van der Waals surface area contributed by atoms with E-state index >= 15 is 0 Å². The molecule has 32 heavy (non-hydrogen) atoms. The lowest BCUT2D eigenvalue weighted by Gasteiger charge is -2.29. The van der Waals surface area contributed by atoms with Crippen molar-refractivity contribution < 1.29 is 8.42 Å². The van der Waals surface area contributed by atoms with Crippen LogP contribution in [0.15, 0.2) is 40.2 Å². The van der Waals surface area contributed by atoms with Gasteiger partial charge in [-0.1, -0.05) is 6.92 Å². The highest BCUT2D eigenvalue weighted by molar-refractivity contribution is 7.92. The molecule has 2 fully saturated rings. The Balaban J connectivity index is 1.67. The molecule has 2 N–H and O–H groups in total. The second-order valence-electron chi connectivity index (χ2n) is 9.75. The van der Waals surface area contributed by atoms with E-state index in [2.05, 4.69) is 17.2 Å². The monoisotopic (exact) mass is 453 g/mol. The minimum absolute atomic E-state index is 0.0885. The second-order valence-corrected chi connectivity index (χ2v) is 12.0. The van der Waals surface area contributed by atoms with Gasteiger partial charge in [0.1, 0.15) is 5.52 Å². The molecule has 0 radical (unpaired) electrons. The lowest BCUT2D eigenvalue weighted by Crippen LogP contribution is -2.25. The van der Waals surface area contributed by atoms with Crippen molar-refractivity contribution in [3.8, 4) is 11.1 Å². The van der Waals surface area contributed by atoms with Gasteiger partial charge < -0.3 is 14.9 Å². The van der Waals surface area contributed by atoms with Crippen molar-refractivity contribution in [3.05, 3.63) is 46.5 Å². The molecule has 0 atom stereocenters. The summed E-state index contributed by atoms with van der Waals surface area (Å²) in [6, 6.07) is 7.81. The molecule has 0 bridgehead atoms. The molecule has 2 saturated carbocycles. The number of benzene rings is 1. The lowest BCUT2D eigenvalue weighted by atomic mass is 9.87. The molecule has 0 aliphatic heterocycles. The number of nitrogens with one attached hydrogen (secondary N) is 2. The van der Waals surface area contributed by atoms with Gasteiger partial charge in [-0.05, 0) is 75.6 Å². The minimum Gasteiger partial charge on any atom is -0.382 e. The summed E-state index contributed by atoms with van der Waals surface area (Å²) in [6.45, 7) is 4.23. The van der Waals surface area contributed by atoms with Gasteiger partial charge in [0.15, 0.2) is 9.84 Å². The van der Waals surface area contributed by atoms with Crippen molar-refractivity contribution in [1.29, 1.82) is 0 Å². The highest BCUT2D eigenvalue weighted by Gasteiger charge is 2.37. The summed E-state index contributed by atoms with van der Waals surface area (Å²) >= 11 is 0. The molecule has 0 amide bonds. The Bertz CT molecular complexity index is 1340. The minimum atomic E-state index is -3.32. The van der Waals surface area contributed by atoms with E-state index in [0.29, 0.717) is 16.5 Å². The number of aromatic nitrogens is 2. The largest absolute Gasteiger partial charge is 0.382 e. The standard InChI is InChI=1S/C25H31N3O3S/c1-15-4-6-17(7-5-15)27-23-11-10-19(32(30,31)18-8-9-18)13-20(23)22-14-28(3)25(29)24-21(22)12-16(2)26-24/h10-15,17-18,26-27H,4-9H2,1-3H3/t15-,17-. The van der Waals surface area contributed by atoms with E-state index in [1.165, 1.54) is 12.8 Å². The molecule has 170 valence electrons. The first kappa shape index (κ1) is 21.3. The van der Waals surface area contributed by atoms with Crippen LogP contribution in [0, 0.1) is 12.8 Å². The normalized spacial score (nSPS) is 21.7. The van der Waals surface area contributed by atoms with Crippen molar-refractivity contribution >= 4 is 26.4 Å². The maximum absolute atomic E-state index is 13.0. The second kappa shape index (κ2) is 7.80. The number of nitrogens with zero attached hydrogens (tertiary/aromatic N) is 1. The van der Waals surface area contributed by atoms with Gasteiger partial charge in [-0.15, -0.1) is 0 Å². The number of rotatable bonds is 5. The SMILES string of the molecule is Cc1cc2c(-c3cc(S(=O)(=O)C4CC4)ccc3N[C@H]3CC[C@H](C)CC3)cn(C)c(=O)c2[nH]1. The van der Waals surface area contributed by atoms with Crippen LogP contribution in [0.25, 0.3) is 22.0 Å². The number of aryl methyl sites for hydroxylation is 2. The van der Waals surface area contributed by atoms with Crippen LogP contribution in [-0.2, 0) is 16.9 Å². The van der Waals surface area contributed by atoms with E-state index in [0.717, 1.165) is 59.5 Å². The van der Waals surface area contributed by atoms with Crippen molar-refractivity contribution in [1.82, 2.24) is 9.55 Å². The van der Waals surface area contributed by atoms with Crippen LogP contribution in [0.2, 0.25) is 0 Å². The molecule has 1 aromatic carbocycles. The van der Waals surface area contributed by atoms with E-state index < -0.39 is 9.84 Å². The summed E-state index contributed by atoms with van der Waals surface area (Å²) in [7, 11) is -1.59. The molecular weight excluding hydrogens is 422 g/mol. The van der Waals surface area contributed by atoms with Crippen LogP contribution in [0.1, 0.15) is 51.1 Å². The summed E-state index contributed by atoms with van der Waals surface area (Å²) in [4.78, 5) is 16.3. The maximum atomic E-state index is 13.0. The number of fused-ring (bicyclic) bond motifs is 1. The van der Waals surface area contributed by atoms with Crippen LogP contribution in [-0.4, -0.2) is 29.3 Å². The van der Waals surface area contributed by atoms with Gasteiger partial charge in [-0.2, -0.15) is 0 Å². The molecule has 3 aromatic rings. The predicted molar refractivity (Wildman–Crippen MR) is 129 cm³/mol. The van der Waals surface area contributed by atoms with Crippen molar-refractivity contribution in [2.75, 3.05) is 5.32 Å². The third-order valence-electron chi connectivity index (χ3n) is 7.05. The first-order chi connectivity index (χ1) is 15.2. The summed E-state index contributed by atoms with van der Waals surface area (Å²) in [5, 5.41) is 4.27. The first-order valence-corrected chi connectivity index (χ1v) is 13.1. The smallest absolute Gasteiger partial charge is 0.274 e. The van der Waals surface area contributed by atoms with Crippen LogP contribution < -0.4 is 10.9 Å². The Morgan fingerprint density at radius 2 is 1.75 bits per heavy atom. The number of H-pyrrole nitrogens is 1. The Kier molecular flexibility index (Phi) is 5.19. The molecule has 2 aliphatic carbocycles. The van der Waals surface area contributed by atoms with Crippen molar-refractivity contribution in [2.24, 2.45) is 13.0 Å². The van der Waals surface area contributed by atoms with Gasteiger partial charge in [0.25, 0.3) is 5.56 Å². The number of hydrogen-bond donors (Lipinski definition) is 2. The average molecular weight is 454 g/mol. The topological polar surface area (TPSA) is 84.0 Å². The number of pyridine rings is 1. The van der Waals surface area contributed by atoms with Crippen LogP contribution >= 0.6 is 0 Å². The van der Waals surface area contributed by atoms with E-state index in [4.69, 9.17) is 0 Å². The molecule has 0 spiro atoms. The molecular formula is C25H31N3O3S. The Morgan fingerprint density at radius 3 is 2.44 bits per heavy atom. The third kappa shape index (κ3) is 3.76. The zero-order chi connectivity index (χ0) is 22.6. The Hall–Kier alpha value is -2.54. The molecule has 0 unspecified atom stereocenters. The molecule has 5 rings (SSSR count). The molecule has 6 nitrogen and oxygen atoms in total. The maximum Gasteiger partial charge on any atom is 0.274 e. The molecule has 2 aromatic heterocycles. The molecule has 7 heteroatoms. The van der Waals surface area contributed by atoms with Crippen LogP contribution in [0.3, 0.4) is 0 Å². The Morgan fingerprint density at radius 1 is 1.03 bits per heavy atom. The average Bonchev–Trinajstić information content (AvgIpc) is 3.55. The van der Waals surface area contributed by atoms with E-state index in [1.807, 2.05) is 31.3 Å². The van der Waals surface area contributed by atoms with E-state index in [-0.39, 0.29) is 10.8 Å². The molecule has 0 saturated heterocycles. The van der Waals surface area contributed by atoms with Gasteiger partial charge in [0.2, 0.25) is 0 Å². The quantitative estimate of drug-likeness (QED) is 0.583. The molecule has 2 aliphatic rings. The van der Waals surface area contributed by atoms with Crippen molar-refractivity contribution in [3.63, 3.8) is 0 Å². The summed E-state index contributed by atoms with van der Waals surface area (Å²) in [6.07, 6.45) is 7.90. The number of anilines is 1. The van der Waals surface area contributed by atoms with E-state index in [9.17, 15) is 13.2 Å². The van der Waals surface area contributed by atoms with Crippen molar-refractivity contribution in [2.45, 2.75) is 68.6 Å². The Labute approximate surface area is 189 Å². The lowest BCUT2D eigenvalue weighted by molar-refractivity contribution is 0.361. The molecule has 2 heterocycles. The first-order valence-electron chi connectivity index (χ1n) is 11.6. The number of aromatic amines is 1. The summed E-state index contributed by atoms with van der Waals surface area (Å²) in [5.74, 6) is 0.754. The van der Waals surface area contributed by atoms with E-state index in [1.54, 1.807) is 17.7 Å². The van der Waals surface area contributed by atoms with Crippen LogP contribution in [0.5, 0.6) is 0 Å². The third-order valence-corrected chi connectivity index (χ3v) is 9.31. The fraction of sp³-hybridized carbons (Fsp3) is 0.480. The number of sulfone groups is 1. The predicted octanol–water partition coefficient (Wildman–Crippen LogP) is 4.77. The fourth-order valence-electron chi connectivity index (χ4n) is 4.93. The fourth-order valence-corrected chi connectivity index (χ4v) is 6.61. The van der Waals surface area contributed by atoms with Gasteiger partial charge in [0.05, 0.1) is 10.1 Å². The number of hydrogen-bond acceptors (Lipinski definition) is 4. The van der Waals surface area contributed by atoms with Crippen LogP contribution in [0.4, 0.5) is 5.69 Å².